The predicted octanol–water partition coefficient (Wildman–Crippen LogP) is 9.19. The Hall–Kier alpha value is -8.04. The number of hydrogen-bond donors (Lipinski definition) is 2. The molecule has 0 aliphatic carbocycles. The molecule has 0 atom stereocenters. The molecular formula is C45H32F4N6O9S2. The molecule has 0 spiro atoms. The van der Waals surface area contributed by atoms with Crippen LogP contribution in [0, 0.1) is 5.82 Å². The highest BCUT2D eigenvalue weighted by molar-refractivity contribution is 7.91. The number of aromatic nitrogens is 4. The number of ether oxygens (including phenoxy) is 3. The third-order valence-corrected chi connectivity index (χ3v) is 11.1. The molecule has 8 rings (SSSR count). The molecule has 0 saturated carbocycles. The van der Waals surface area contributed by atoms with Crippen LogP contribution in [-0.2, 0) is 19.7 Å². The maximum absolute atomic E-state index is 13.2. The Balaban J connectivity index is 0.000000198. The number of carbonyl (C=O) groups is 2. The molecule has 2 amide bonds. The summed E-state index contributed by atoms with van der Waals surface area (Å²) in [6.45, 7) is 0. The van der Waals surface area contributed by atoms with Crippen LogP contribution in [0.25, 0.3) is 22.1 Å². The standard InChI is InChI=1S/C23H16F3N3O5S.C22H16FN3O4S/c1-35(31,32)17-6-4-5-14(13-17)27-21(30)20-22(29-19-8-3-2-7-18(19)28-20)33-15-9-11-16(12-10-15)34-23(24,25)26;1-31(28,29)17-6-4-5-15(13-17)24-21(27)20-22(30-16-11-9-14(23)10-12-16)26-19-8-3-2-7-18(19)25-20/h2-13H,1H3,(H,27,30);2-13H,1H3,(H,24,27). The number of carbonyl (C=O) groups excluding carboxylic acids is 2. The number of fused-ring (bicyclic) bond motifs is 2. The van der Waals surface area contributed by atoms with Crippen LogP contribution in [0.5, 0.6) is 29.0 Å². The van der Waals surface area contributed by atoms with Crippen LogP contribution < -0.4 is 24.8 Å². The fourth-order valence-corrected chi connectivity index (χ4v) is 7.16. The van der Waals surface area contributed by atoms with Crippen molar-refractivity contribution in [2.75, 3.05) is 23.1 Å². The first kappa shape index (κ1) is 46.0. The van der Waals surface area contributed by atoms with Crippen LogP contribution in [0.1, 0.15) is 21.0 Å². The van der Waals surface area contributed by atoms with Crippen molar-refractivity contribution in [2.24, 2.45) is 0 Å². The van der Waals surface area contributed by atoms with Gasteiger partial charge >= 0.3 is 6.36 Å². The average Bonchev–Trinajstić information content (AvgIpc) is 3.26. The third kappa shape index (κ3) is 11.9. The minimum atomic E-state index is -4.84. The van der Waals surface area contributed by atoms with E-state index >= 15 is 0 Å². The maximum atomic E-state index is 13.2. The van der Waals surface area contributed by atoms with E-state index in [1.807, 2.05) is 0 Å². The van der Waals surface area contributed by atoms with Gasteiger partial charge in [-0.3, -0.25) is 9.59 Å². The fraction of sp³-hybridized carbons (Fsp3) is 0.0667. The minimum Gasteiger partial charge on any atom is -0.437 e. The van der Waals surface area contributed by atoms with Gasteiger partial charge in [0.05, 0.1) is 31.9 Å². The van der Waals surface area contributed by atoms with E-state index in [2.05, 4.69) is 35.3 Å². The zero-order valence-corrected chi connectivity index (χ0v) is 35.8. The van der Waals surface area contributed by atoms with E-state index in [0.29, 0.717) is 22.1 Å². The summed E-state index contributed by atoms with van der Waals surface area (Å²) in [5, 5.41) is 5.19. The summed E-state index contributed by atoms with van der Waals surface area (Å²) in [4.78, 5) is 43.5. The highest BCUT2D eigenvalue weighted by Gasteiger charge is 2.31. The number of nitrogens with zero attached hydrogens (tertiary/aromatic N) is 4. The molecule has 0 bridgehead atoms. The van der Waals surface area contributed by atoms with Crippen molar-refractivity contribution in [3.05, 3.63) is 163 Å². The largest absolute Gasteiger partial charge is 0.573 e. The Labute approximate surface area is 372 Å². The number of nitrogens with one attached hydrogen (secondary N) is 2. The molecule has 0 saturated heterocycles. The van der Waals surface area contributed by atoms with Gasteiger partial charge in [0, 0.05) is 23.9 Å². The van der Waals surface area contributed by atoms with Crippen LogP contribution in [0.2, 0.25) is 0 Å². The molecule has 0 aliphatic rings. The molecule has 21 heteroatoms. The summed E-state index contributed by atoms with van der Waals surface area (Å²) >= 11 is 0. The monoisotopic (exact) mass is 940 g/mol. The lowest BCUT2D eigenvalue weighted by Gasteiger charge is -2.12. The third-order valence-electron chi connectivity index (χ3n) is 8.85. The Bertz CT molecular complexity index is 3340. The van der Waals surface area contributed by atoms with Crippen molar-refractivity contribution >= 4 is 64.9 Å². The molecule has 0 unspecified atom stereocenters. The molecule has 2 aromatic heterocycles. The van der Waals surface area contributed by atoms with Gasteiger partial charge in [-0.2, -0.15) is 0 Å². The zero-order valence-electron chi connectivity index (χ0n) is 34.1. The number of anilines is 2. The van der Waals surface area contributed by atoms with Crippen molar-refractivity contribution in [1.29, 1.82) is 0 Å². The van der Waals surface area contributed by atoms with Crippen molar-refractivity contribution in [3.8, 4) is 29.0 Å². The molecule has 0 aliphatic heterocycles. The molecule has 6 aromatic carbocycles. The van der Waals surface area contributed by atoms with Crippen LogP contribution in [-0.4, -0.2) is 67.5 Å². The van der Waals surface area contributed by atoms with Crippen molar-refractivity contribution in [2.45, 2.75) is 16.2 Å². The summed E-state index contributed by atoms with van der Waals surface area (Å²) in [6, 6.07) is 35.0. The Kier molecular flexibility index (Phi) is 13.2. The Morgan fingerprint density at radius 3 is 1.24 bits per heavy atom. The van der Waals surface area contributed by atoms with Crippen molar-refractivity contribution < 1.29 is 58.2 Å². The fourth-order valence-electron chi connectivity index (χ4n) is 5.83. The van der Waals surface area contributed by atoms with Crippen LogP contribution in [0.15, 0.2) is 155 Å². The lowest BCUT2D eigenvalue weighted by atomic mass is 10.2. The maximum Gasteiger partial charge on any atom is 0.573 e. The molecule has 15 nitrogen and oxygen atoms in total. The quantitative estimate of drug-likeness (QED) is 0.116. The smallest absolute Gasteiger partial charge is 0.437 e. The molecule has 0 radical (unpaired) electrons. The SMILES string of the molecule is CS(=O)(=O)c1cccc(NC(=O)c2nc3ccccc3nc2Oc2ccc(F)cc2)c1.CS(=O)(=O)c1cccc(NC(=O)c2nc3ccccc3nc2Oc2ccc(OC(F)(F)F)cc2)c1. The van der Waals surface area contributed by atoms with Crippen LogP contribution in [0.3, 0.4) is 0 Å². The number of benzene rings is 6. The summed E-state index contributed by atoms with van der Waals surface area (Å²) in [5.41, 5.74) is 1.94. The number of hydrogen-bond acceptors (Lipinski definition) is 13. The topological polar surface area (TPSA) is 206 Å². The highest BCUT2D eigenvalue weighted by atomic mass is 32.2. The van der Waals surface area contributed by atoms with E-state index in [4.69, 9.17) is 9.47 Å². The molecule has 2 heterocycles. The summed E-state index contributed by atoms with van der Waals surface area (Å²) in [6.07, 6.45) is -2.72. The van der Waals surface area contributed by atoms with E-state index in [0.717, 1.165) is 24.6 Å². The molecule has 0 fully saturated rings. The Morgan fingerprint density at radius 2 is 0.864 bits per heavy atom. The number of rotatable bonds is 11. The minimum absolute atomic E-state index is 0.0116. The zero-order chi connectivity index (χ0) is 47.2. The van der Waals surface area contributed by atoms with Gasteiger partial charge in [0.2, 0.25) is 0 Å². The lowest BCUT2D eigenvalue weighted by Crippen LogP contribution is -2.17. The van der Waals surface area contributed by atoms with Crippen LogP contribution >= 0.6 is 0 Å². The van der Waals surface area contributed by atoms with Gasteiger partial charge in [-0.1, -0.05) is 36.4 Å². The lowest BCUT2D eigenvalue weighted by molar-refractivity contribution is -0.274. The summed E-state index contributed by atoms with van der Waals surface area (Å²) < 4.78 is 113. The molecular weight excluding hydrogens is 909 g/mol. The number of amides is 2. The summed E-state index contributed by atoms with van der Waals surface area (Å²) in [5.74, 6) is -2.16. The second-order valence-electron chi connectivity index (χ2n) is 13.9. The van der Waals surface area contributed by atoms with Gasteiger partial charge < -0.3 is 24.8 Å². The van der Waals surface area contributed by atoms with Gasteiger partial charge in [0.1, 0.15) is 23.1 Å². The predicted molar refractivity (Wildman–Crippen MR) is 234 cm³/mol. The molecule has 336 valence electrons. The normalized spacial score (nSPS) is 11.5. The van der Waals surface area contributed by atoms with E-state index in [9.17, 15) is 44.0 Å². The molecule has 8 aromatic rings. The molecule has 2 N–H and O–H groups in total. The number of para-hydroxylation sites is 4. The number of alkyl halides is 3. The van der Waals surface area contributed by atoms with Crippen LogP contribution in [0.4, 0.5) is 28.9 Å². The number of halogens is 4. The Morgan fingerprint density at radius 1 is 0.500 bits per heavy atom. The van der Waals surface area contributed by atoms with Gasteiger partial charge in [-0.25, -0.2) is 41.2 Å². The van der Waals surface area contributed by atoms with E-state index in [-0.39, 0.29) is 55.8 Å². The van der Waals surface area contributed by atoms with E-state index < -0.39 is 49.4 Å². The first-order valence-electron chi connectivity index (χ1n) is 19.0. The second-order valence-corrected chi connectivity index (χ2v) is 17.9. The van der Waals surface area contributed by atoms with Crippen molar-refractivity contribution in [3.63, 3.8) is 0 Å². The first-order chi connectivity index (χ1) is 31.3. The van der Waals surface area contributed by atoms with Crippen molar-refractivity contribution in [1.82, 2.24) is 19.9 Å². The summed E-state index contributed by atoms with van der Waals surface area (Å²) in [7, 11) is -6.94. The van der Waals surface area contributed by atoms with E-state index in [1.165, 1.54) is 78.9 Å². The van der Waals surface area contributed by atoms with E-state index in [1.54, 1.807) is 54.6 Å². The number of sulfone groups is 2. The van der Waals surface area contributed by atoms with Gasteiger partial charge in [0.25, 0.3) is 23.6 Å². The molecule has 66 heavy (non-hydrogen) atoms. The average molecular weight is 941 g/mol. The van der Waals surface area contributed by atoms with Gasteiger partial charge in [0.15, 0.2) is 31.1 Å². The first-order valence-corrected chi connectivity index (χ1v) is 22.8. The second kappa shape index (κ2) is 19.0. The van der Waals surface area contributed by atoms with Gasteiger partial charge in [-0.05, 0) is 109 Å². The highest BCUT2D eigenvalue weighted by Crippen LogP contribution is 2.30. The van der Waals surface area contributed by atoms with Gasteiger partial charge in [-0.15, -0.1) is 13.2 Å².